The fraction of sp³-hybridized carbons (Fsp3) is 0.567. The number of aryl methyl sites for hydroxylation is 1. The van der Waals surface area contributed by atoms with Crippen LogP contribution in [0.5, 0.6) is 0 Å². The number of hydrogen-bond donors (Lipinski definition) is 3. The Balaban J connectivity index is 1.52. The van der Waals surface area contributed by atoms with Crippen LogP contribution in [-0.4, -0.2) is 80.7 Å². The Morgan fingerprint density at radius 2 is 1.93 bits per heavy atom. The molecular weight excluding hydrogens is 554 g/mol. The van der Waals surface area contributed by atoms with Gasteiger partial charge in [-0.25, -0.2) is 0 Å². The molecule has 0 unspecified atom stereocenters. The number of likely N-dealkylation sites (N-methyl/N-ethyl adjacent to an activating group) is 1. The molecule has 0 saturated heterocycles. The summed E-state index contributed by atoms with van der Waals surface area (Å²) in [6.45, 7) is 9.03. The average Bonchev–Trinajstić information content (AvgIpc) is 3.57. The van der Waals surface area contributed by atoms with E-state index < -0.39 is 47.9 Å². The fourth-order valence-electron chi connectivity index (χ4n) is 5.66. The van der Waals surface area contributed by atoms with Crippen LogP contribution in [0.3, 0.4) is 0 Å². The first kappa shape index (κ1) is 31.6. The summed E-state index contributed by atoms with van der Waals surface area (Å²) in [5, 5.41) is 15.9. The van der Waals surface area contributed by atoms with Crippen molar-refractivity contribution in [1.82, 2.24) is 30.9 Å². The lowest BCUT2D eigenvalue weighted by atomic mass is 9.95. The number of benzene rings is 1. The first-order valence-corrected chi connectivity index (χ1v) is 14.7. The smallest absolute Gasteiger partial charge is 0.315 e. The zero-order valence-electron chi connectivity index (χ0n) is 25.6. The molecule has 13 heteroatoms. The molecule has 4 amide bonds. The lowest BCUT2D eigenvalue weighted by Crippen LogP contribution is -2.58. The van der Waals surface area contributed by atoms with Crippen LogP contribution < -0.4 is 15.5 Å². The minimum Gasteiger partial charge on any atom is -0.460 e. The van der Waals surface area contributed by atoms with Crippen molar-refractivity contribution in [3.63, 3.8) is 0 Å². The Labute approximate surface area is 251 Å². The monoisotopic (exact) mass is 595 g/mol. The maximum Gasteiger partial charge on any atom is 0.315 e. The lowest BCUT2D eigenvalue weighted by molar-refractivity contribution is -0.159. The van der Waals surface area contributed by atoms with E-state index in [1.165, 1.54) is 16.8 Å². The predicted octanol–water partition coefficient (Wildman–Crippen LogP) is 1.41. The highest BCUT2D eigenvalue weighted by Gasteiger charge is 2.45. The highest BCUT2D eigenvalue weighted by atomic mass is 16.6. The van der Waals surface area contributed by atoms with Crippen LogP contribution in [-0.2, 0) is 48.1 Å². The third-order valence-corrected chi connectivity index (χ3v) is 7.91. The van der Waals surface area contributed by atoms with E-state index in [0.717, 1.165) is 11.1 Å². The first-order chi connectivity index (χ1) is 20.3. The van der Waals surface area contributed by atoms with Gasteiger partial charge in [-0.2, -0.15) is 0 Å². The number of amides is 4. The van der Waals surface area contributed by atoms with Gasteiger partial charge in [-0.05, 0) is 50.7 Å². The Hall–Kier alpha value is -4.29. The SMILES string of the molecule is CC[C@H](C)[C@@H](C(=O)N[C@H]1CCc2cccc3c2N(C1=O)[C@H](C(=O)NCc1c[nH]nn1)C3)N(C)C(=O)CC(=O)OC(C)(C)C. The van der Waals surface area contributed by atoms with Crippen LogP contribution in [0.1, 0.15) is 70.7 Å². The molecule has 232 valence electrons. The Kier molecular flexibility index (Phi) is 9.51. The summed E-state index contributed by atoms with van der Waals surface area (Å²) in [7, 11) is 1.48. The molecule has 1 aromatic heterocycles. The Morgan fingerprint density at radius 1 is 1.21 bits per heavy atom. The molecule has 2 aliphatic rings. The number of carbonyl (C=O) groups excluding carboxylic acids is 5. The molecule has 13 nitrogen and oxygen atoms in total. The molecule has 0 saturated carbocycles. The van der Waals surface area contributed by atoms with Gasteiger partial charge in [-0.15, -0.1) is 5.10 Å². The van der Waals surface area contributed by atoms with Crippen LogP contribution in [0.2, 0.25) is 0 Å². The van der Waals surface area contributed by atoms with Gasteiger partial charge in [-0.1, -0.05) is 43.7 Å². The Bertz CT molecular complexity index is 1370. The van der Waals surface area contributed by atoms with E-state index in [0.29, 0.717) is 37.1 Å². The summed E-state index contributed by atoms with van der Waals surface area (Å²) >= 11 is 0. The van der Waals surface area contributed by atoms with Crippen LogP contribution in [0.25, 0.3) is 0 Å². The lowest BCUT2D eigenvalue weighted by Gasteiger charge is -2.33. The number of hydrogen-bond acceptors (Lipinski definition) is 8. The second-order valence-corrected chi connectivity index (χ2v) is 12.2. The van der Waals surface area contributed by atoms with Gasteiger partial charge >= 0.3 is 5.97 Å². The summed E-state index contributed by atoms with van der Waals surface area (Å²) in [5.41, 5.74) is 2.34. The van der Waals surface area contributed by atoms with Gasteiger partial charge in [0.25, 0.3) is 0 Å². The molecule has 43 heavy (non-hydrogen) atoms. The first-order valence-electron chi connectivity index (χ1n) is 14.7. The number of para-hydroxylation sites is 1. The number of nitrogens with one attached hydrogen (secondary N) is 3. The second kappa shape index (κ2) is 12.9. The molecule has 1 aromatic carbocycles. The highest BCUT2D eigenvalue weighted by Crippen LogP contribution is 2.39. The van der Waals surface area contributed by atoms with E-state index in [1.54, 1.807) is 27.0 Å². The number of anilines is 1. The molecule has 0 spiro atoms. The quantitative estimate of drug-likeness (QED) is 0.274. The molecule has 3 heterocycles. The molecular formula is C30H41N7O6. The minimum absolute atomic E-state index is 0.150. The number of aromatic amines is 1. The molecule has 0 aliphatic carbocycles. The van der Waals surface area contributed by atoms with Crippen molar-refractivity contribution in [1.29, 1.82) is 0 Å². The predicted molar refractivity (Wildman–Crippen MR) is 156 cm³/mol. The van der Waals surface area contributed by atoms with Crippen molar-refractivity contribution in [3.8, 4) is 0 Å². The van der Waals surface area contributed by atoms with Crippen LogP contribution >= 0.6 is 0 Å². The second-order valence-electron chi connectivity index (χ2n) is 12.2. The van der Waals surface area contributed by atoms with Crippen molar-refractivity contribution >= 4 is 35.3 Å². The molecule has 2 aromatic rings. The molecule has 0 radical (unpaired) electrons. The number of esters is 1. The number of carbonyl (C=O) groups is 5. The van der Waals surface area contributed by atoms with Gasteiger partial charge in [-0.3, -0.25) is 34.0 Å². The van der Waals surface area contributed by atoms with Crippen LogP contribution in [0.15, 0.2) is 24.4 Å². The fourth-order valence-corrected chi connectivity index (χ4v) is 5.66. The van der Waals surface area contributed by atoms with Crippen molar-refractivity contribution in [3.05, 3.63) is 41.2 Å². The summed E-state index contributed by atoms with van der Waals surface area (Å²) in [6, 6.07) is 3.12. The van der Waals surface area contributed by atoms with Crippen molar-refractivity contribution in [2.24, 2.45) is 5.92 Å². The third kappa shape index (κ3) is 7.20. The summed E-state index contributed by atoms with van der Waals surface area (Å²) in [5.74, 6) is -2.71. The van der Waals surface area contributed by atoms with Gasteiger partial charge in [0.1, 0.15) is 35.8 Å². The summed E-state index contributed by atoms with van der Waals surface area (Å²) in [4.78, 5) is 69.3. The zero-order valence-corrected chi connectivity index (χ0v) is 25.6. The topological polar surface area (TPSA) is 167 Å². The maximum atomic E-state index is 14.1. The summed E-state index contributed by atoms with van der Waals surface area (Å²) in [6.07, 6.45) is 2.84. The average molecular weight is 596 g/mol. The number of H-pyrrole nitrogens is 1. The number of rotatable bonds is 10. The van der Waals surface area contributed by atoms with E-state index in [2.05, 4.69) is 26.0 Å². The molecule has 2 aliphatic heterocycles. The van der Waals surface area contributed by atoms with Gasteiger partial charge < -0.3 is 20.3 Å². The molecule has 4 atom stereocenters. The van der Waals surface area contributed by atoms with Gasteiger partial charge in [0.05, 0.1) is 12.2 Å². The molecule has 0 bridgehead atoms. The van der Waals surface area contributed by atoms with Crippen molar-refractivity contribution in [2.75, 3.05) is 11.9 Å². The van der Waals surface area contributed by atoms with Crippen molar-refractivity contribution < 1.29 is 28.7 Å². The van der Waals surface area contributed by atoms with Crippen LogP contribution in [0.4, 0.5) is 5.69 Å². The molecule has 3 N–H and O–H groups in total. The number of ether oxygens (including phenoxy) is 1. The van der Waals surface area contributed by atoms with E-state index >= 15 is 0 Å². The van der Waals surface area contributed by atoms with E-state index in [4.69, 9.17) is 4.74 Å². The largest absolute Gasteiger partial charge is 0.460 e. The normalized spacial score (nSPS) is 19.1. The zero-order chi connectivity index (χ0) is 31.5. The van der Waals surface area contributed by atoms with Crippen molar-refractivity contribution in [2.45, 2.75) is 97.0 Å². The summed E-state index contributed by atoms with van der Waals surface area (Å²) < 4.78 is 5.28. The number of aromatic nitrogens is 3. The minimum atomic E-state index is -0.922. The standard InChI is InChI=1S/C30H41N7O6/c1-7-17(2)25(36(6)23(38)14-24(39)43-30(3,4)5)28(41)33-21-12-11-18-9-8-10-19-13-22(37(26(18)19)29(21)42)27(40)31-15-20-16-32-35-34-20/h8-10,16-17,21-22,25H,7,11-15H2,1-6H3,(H,31,40)(H,33,41)(H,32,34,35)/t17-,21-,22-,25-/m0/s1. The molecule has 0 fully saturated rings. The van der Waals surface area contributed by atoms with Gasteiger partial charge in [0, 0.05) is 19.7 Å². The van der Waals surface area contributed by atoms with Gasteiger partial charge in [0.2, 0.25) is 23.6 Å². The van der Waals surface area contributed by atoms with E-state index in [1.807, 2.05) is 32.0 Å². The van der Waals surface area contributed by atoms with Crippen LogP contribution in [0, 0.1) is 5.92 Å². The third-order valence-electron chi connectivity index (χ3n) is 7.91. The van der Waals surface area contributed by atoms with E-state index in [9.17, 15) is 24.0 Å². The molecule has 4 rings (SSSR count). The van der Waals surface area contributed by atoms with Gasteiger partial charge in [0.15, 0.2) is 0 Å². The highest BCUT2D eigenvalue weighted by molar-refractivity contribution is 6.08. The maximum absolute atomic E-state index is 14.1. The Morgan fingerprint density at radius 3 is 2.58 bits per heavy atom. The van der Waals surface area contributed by atoms with E-state index in [-0.39, 0.29) is 24.3 Å². The number of nitrogens with zero attached hydrogens (tertiary/aromatic N) is 4.